The highest BCUT2D eigenvalue weighted by Crippen LogP contribution is 2.27. The quantitative estimate of drug-likeness (QED) is 0.225. The van der Waals surface area contributed by atoms with Gasteiger partial charge in [0.15, 0.2) is 0 Å². The highest BCUT2D eigenvalue weighted by atomic mass is 16.6. The van der Waals surface area contributed by atoms with Gasteiger partial charge < -0.3 is 29.9 Å². The van der Waals surface area contributed by atoms with Crippen LogP contribution < -0.4 is 0 Å². The molecule has 0 spiro atoms. The Morgan fingerprint density at radius 1 is 0.717 bits per heavy atom. The normalized spacial score (nSPS) is 19.7. The molecule has 0 bridgehead atoms. The smallest absolute Gasteiger partial charge is 0.313 e. The fourth-order valence-electron chi connectivity index (χ4n) is 5.69. The first-order valence-electron chi connectivity index (χ1n) is 16.2. The van der Waals surface area contributed by atoms with E-state index in [1.165, 1.54) is 0 Å². The summed E-state index contributed by atoms with van der Waals surface area (Å²) in [5, 5.41) is 35.8. The zero-order valence-electron chi connectivity index (χ0n) is 26.8. The third kappa shape index (κ3) is 11.1. The molecule has 4 N–H and O–H groups in total. The molecule has 0 aliphatic heterocycles. The summed E-state index contributed by atoms with van der Waals surface area (Å²) in [5.74, 6) is -0.839. The summed E-state index contributed by atoms with van der Waals surface area (Å²) < 4.78 is 10.0. The number of benzene rings is 2. The lowest BCUT2D eigenvalue weighted by atomic mass is 9.94. The van der Waals surface area contributed by atoms with E-state index in [2.05, 4.69) is 0 Å². The maximum atomic E-state index is 12.0. The molecule has 4 rings (SSSR count). The van der Waals surface area contributed by atoms with E-state index in [4.69, 9.17) is 24.8 Å². The Morgan fingerprint density at radius 2 is 1.15 bits per heavy atom. The van der Waals surface area contributed by atoms with Crippen LogP contribution in [0.3, 0.4) is 0 Å². The van der Waals surface area contributed by atoms with Gasteiger partial charge in [-0.05, 0) is 74.6 Å². The number of Topliss-reactive ketones (excluding diaryl/α,β-unsaturated/α-hetero) is 2. The Balaban J connectivity index is 0.000000250. The van der Waals surface area contributed by atoms with Crippen LogP contribution >= 0.6 is 0 Å². The van der Waals surface area contributed by atoms with Crippen LogP contribution in [0, 0.1) is 11.8 Å². The Bertz CT molecular complexity index is 1270. The first kappa shape index (κ1) is 37.0. The number of aliphatic hydroxyl groups is 4. The molecule has 0 radical (unpaired) electrons. The molecule has 2 fully saturated rings. The van der Waals surface area contributed by atoms with Gasteiger partial charge in [-0.2, -0.15) is 0 Å². The maximum Gasteiger partial charge on any atom is 0.313 e. The van der Waals surface area contributed by atoms with Crippen LogP contribution in [-0.4, -0.2) is 82.6 Å². The summed E-state index contributed by atoms with van der Waals surface area (Å²) in [6.45, 7) is 2.03. The van der Waals surface area contributed by atoms with E-state index in [-0.39, 0.29) is 18.4 Å². The second-order valence-electron chi connectivity index (χ2n) is 12.3. The lowest BCUT2D eigenvalue weighted by Crippen LogP contribution is -2.27. The van der Waals surface area contributed by atoms with Crippen molar-refractivity contribution >= 4 is 23.5 Å². The molecule has 0 saturated heterocycles. The van der Waals surface area contributed by atoms with Crippen LogP contribution in [0.25, 0.3) is 0 Å². The van der Waals surface area contributed by atoms with Gasteiger partial charge in [-0.3, -0.25) is 19.2 Å². The molecule has 2 aromatic rings. The number of ether oxygens (including phenoxy) is 2. The molecule has 46 heavy (non-hydrogen) atoms. The van der Waals surface area contributed by atoms with Crippen molar-refractivity contribution in [2.24, 2.45) is 11.8 Å². The van der Waals surface area contributed by atoms with Gasteiger partial charge in [0.25, 0.3) is 0 Å². The Labute approximate surface area is 270 Å². The van der Waals surface area contributed by atoms with Crippen molar-refractivity contribution in [2.75, 3.05) is 26.4 Å². The van der Waals surface area contributed by atoms with E-state index in [0.717, 1.165) is 60.8 Å². The van der Waals surface area contributed by atoms with Crippen molar-refractivity contribution in [2.45, 2.75) is 89.3 Å². The lowest BCUT2D eigenvalue weighted by molar-refractivity contribution is -0.154. The van der Waals surface area contributed by atoms with Crippen LogP contribution in [0.5, 0.6) is 0 Å². The fourth-order valence-corrected chi connectivity index (χ4v) is 5.69. The van der Waals surface area contributed by atoms with Crippen LogP contribution in [0.1, 0.15) is 86.5 Å². The molecule has 10 heteroatoms. The average molecular weight is 641 g/mol. The monoisotopic (exact) mass is 640 g/mol. The lowest BCUT2D eigenvalue weighted by Gasteiger charge is -2.17. The Kier molecular flexibility index (Phi) is 15.0. The molecule has 5 atom stereocenters. The predicted molar refractivity (Wildman–Crippen MR) is 170 cm³/mol. The van der Waals surface area contributed by atoms with E-state index in [1.54, 1.807) is 13.8 Å². The molecule has 252 valence electrons. The van der Waals surface area contributed by atoms with E-state index < -0.39 is 55.8 Å². The zero-order valence-corrected chi connectivity index (χ0v) is 26.8. The Morgan fingerprint density at radius 3 is 1.52 bits per heavy atom. The molecule has 2 aliphatic carbocycles. The van der Waals surface area contributed by atoms with E-state index >= 15 is 0 Å². The Hall–Kier alpha value is -3.44. The first-order chi connectivity index (χ1) is 22.1. The molecule has 2 aromatic carbocycles. The third-order valence-electron chi connectivity index (χ3n) is 8.81. The van der Waals surface area contributed by atoms with Crippen molar-refractivity contribution in [3.63, 3.8) is 0 Å². The van der Waals surface area contributed by atoms with E-state index in [0.29, 0.717) is 24.4 Å². The second kappa shape index (κ2) is 18.6. The van der Waals surface area contributed by atoms with E-state index in [9.17, 15) is 24.3 Å². The summed E-state index contributed by atoms with van der Waals surface area (Å²) in [5.41, 5.74) is 3.84. The average Bonchev–Trinajstić information content (AvgIpc) is 3.68. The number of carbonyl (C=O) groups is 4. The van der Waals surface area contributed by atoms with E-state index in [1.807, 2.05) is 48.5 Å². The molecule has 10 nitrogen and oxygen atoms in total. The van der Waals surface area contributed by atoms with Gasteiger partial charge in [0, 0.05) is 24.7 Å². The standard InChI is InChI=1S/2C18H24O5/c1-12(18(22)23-11-16(20)10-19)14-7-5-13(6-8-14)9-15-3-2-4-17(15)21;1-12(18(22)23-16(10-19)11-20)14-7-5-13(6-8-14)9-15-3-2-4-17(15)21/h2*5-8,12,15-16,19-20H,2-4,9-11H2,1H3. The van der Waals surface area contributed by atoms with Gasteiger partial charge in [-0.15, -0.1) is 0 Å². The van der Waals surface area contributed by atoms with Gasteiger partial charge in [-0.25, -0.2) is 0 Å². The molecule has 0 heterocycles. The molecule has 5 unspecified atom stereocenters. The first-order valence-corrected chi connectivity index (χ1v) is 16.2. The summed E-state index contributed by atoms with van der Waals surface area (Å²) in [4.78, 5) is 47.3. The molecular formula is C36H48O10. The van der Waals surface area contributed by atoms with Crippen molar-refractivity contribution in [1.29, 1.82) is 0 Å². The minimum atomic E-state index is -1.04. The predicted octanol–water partition coefficient (Wildman–Crippen LogP) is 3.20. The molecular weight excluding hydrogens is 592 g/mol. The third-order valence-corrected chi connectivity index (χ3v) is 8.81. The SMILES string of the molecule is CC(C(=O)OC(CO)CO)c1ccc(CC2CCCC2=O)cc1.CC(C(=O)OCC(O)CO)c1ccc(CC2CCCC2=O)cc1. The van der Waals surface area contributed by atoms with Crippen molar-refractivity contribution in [3.8, 4) is 0 Å². The zero-order chi connectivity index (χ0) is 33.6. The number of carbonyl (C=O) groups excluding carboxylic acids is 4. The van der Waals surface area contributed by atoms with Crippen LogP contribution in [0.15, 0.2) is 48.5 Å². The highest BCUT2D eigenvalue weighted by molar-refractivity contribution is 5.83. The molecule has 0 aromatic heterocycles. The van der Waals surface area contributed by atoms with Crippen molar-refractivity contribution in [1.82, 2.24) is 0 Å². The summed E-state index contributed by atoms with van der Waals surface area (Å²) in [6.07, 6.45) is 4.91. The summed E-state index contributed by atoms with van der Waals surface area (Å²) in [7, 11) is 0. The number of esters is 2. The van der Waals surface area contributed by atoms with Gasteiger partial charge in [0.2, 0.25) is 0 Å². The van der Waals surface area contributed by atoms with Gasteiger partial charge in [0.05, 0.1) is 31.7 Å². The largest absolute Gasteiger partial charge is 0.462 e. The molecule has 2 aliphatic rings. The minimum Gasteiger partial charge on any atom is -0.462 e. The molecule has 0 amide bonds. The second-order valence-corrected chi connectivity index (χ2v) is 12.3. The van der Waals surface area contributed by atoms with Crippen molar-refractivity contribution < 1.29 is 49.1 Å². The van der Waals surface area contributed by atoms with Crippen LogP contribution in [0.2, 0.25) is 0 Å². The number of aliphatic hydroxyl groups excluding tert-OH is 4. The highest BCUT2D eigenvalue weighted by Gasteiger charge is 2.26. The number of hydrogen-bond donors (Lipinski definition) is 4. The van der Waals surface area contributed by atoms with Gasteiger partial charge in [-0.1, -0.05) is 48.5 Å². The van der Waals surface area contributed by atoms with Gasteiger partial charge in [0.1, 0.15) is 30.4 Å². The van der Waals surface area contributed by atoms with Crippen LogP contribution in [0.4, 0.5) is 0 Å². The number of hydrogen-bond acceptors (Lipinski definition) is 10. The fraction of sp³-hybridized carbons (Fsp3) is 0.556. The van der Waals surface area contributed by atoms with Crippen molar-refractivity contribution in [3.05, 3.63) is 70.8 Å². The maximum absolute atomic E-state index is 12.0. The molecule has 2 saturated carbocycles. The number of ketones is 2. The number of rotatable bonds is 14. The van der Waals surface area contributed by atoms with Gasteiger partial charge >= 0.3 is 11.9 Å². The topological polar surface area (TPSA) is 168 Å². The summed E-state index contributed by atoms with van der Waals surface area (Å²) >= 11 is 0. The van der Waals surface area contributed by atoms with Crippen LogP contribution in [-0.2, 0) is 41.5 Å². The minimum absolute atomic E-state index is 0.137. The summed E-state index contributed by atoms with van der Waals surface area (Å²) in [6, 6.07) is 15.3.